The number of alkyl carbamates (subject to hydrolysis) is 1. The smallest absolute Gasteiger partial charge is 0.407 e. The van der Waals surface area contributed by atoms with Crippen LogP contribution in [-0.4, -0.2) is 69.6 Å². The molecule has 10 heteroatoms. The Morgan fingerprint density at radius 2 is 1.67 bits per heavy atom. The van der Waals surface area contributed by atoms with Crippen LogP contribution in [0, 0.1) is 13.8 Å². The molecule has 0 saturated carbocycles. The van der Waals surface area contributed by atoms with Crippen molar-refractivity contribution in [3.63, 3.8) is 0 Å². The summed E-state index contributed by atoms with van der Waals surface area (Å²) >= 11 is 0. The van der Waals surface area contributed by atoms with Crippen LogP contribution in [0.15, 0.2) is 48.5 Å². The lowest BCUT2D eigenvalue weighted by Gasteiger charge is -2.35. The molecule has 0 radical (unpaired) electrons. The lowest BCUT2D eigenvalue weighted by molar-refractivity contribution is -0.130. The number of nitrogens with one attached hydrogen (secondary N) is 1. The first kappa shape index (κ1) is 22.3. The van der Waals surface area contributed by atoms with E-state index in [1.54, 1.807) is 9.58 Å². The number of hydrogen-bond acceptors (Lipinski definition) is 7. The van der Waals surface area contributed by atoms with Crippen LogP contribution in [0.2, 0.25) is 0 Å². The quantitative estimate of drug-likeness (QED) is 0.612. The molecule has 1 saturated heterocycles. The van der Waals surface area contributed by atoms with Crippen LogP contribution in [0.5, 0.6) is 0 Å². The molecule has 172 valence electrons. The Hall–Kier alpha value is -3.95. The standard InChI is InChI=1S/C23H27N7O3/c1-17-14-18(2)30(27-17)21-9-8-20(25-26-21)28-10-12-29(13-11-28)22(31)15-24-23(32)33-16-19-6-4-3-5-7-19/h3-9,14H,10-13,15-16H2,1-2H3,(H,24,32). The molecular formula is C23H27N7O3. The minimum absolute atomic E-state index is 0.0925. The number of carbonyl (C=O) groups excluding carboxylic acids is 2. The zero-order chi connectivity index (χ0) is 23.2. The highest BCUT2D eigenvalue weighted by atomic mass is 16.5. The molecule has 0 spiro atoms. The van der Waals surface area contributed by atoms with Gasteiger partial charge in [-0.2, -0.15) is 5.10 Å². The first-order valence-electron chi connectivity index (χ1n) is 10.8. The summed E-state index contributed by atoms with van der Waals surface area (Å²) in [5.41, 5.74) is 2.82. The van der Waals surface area contributed by atoms with Crippen LogP contribution in [0.25, 0.3) is 5.82 Å². The molecule has 0 atom stereocenters. The maximum Gasteiger partial charge on any atom is 0.407 e. The van der Waals surface area contributed by atoms with E-state index >= 15 is 0 Å². The summed E-state index contributed by atoms with van der Waals surface area (Å²) in [6, 6.07) is 15.2. The van der Waals surface area contributed by atoms with Crippen molar-refractivity contribution in [2.45, 2.75) is 20.5 Å². The first-order valence-corrected chi connectivity index (χ1v) is 10.8. The molecule has 3 aromatic rings. The van der Waals surface area contributed by atoms with E-state index in [1.807, 2.05) is 62.4 Å². The molecule has 0 unspecified atom stereocenters. The fraction of sp³-hybridized carbons (Fsp3) is 0.348. The van der Waals surface area contributed by atoms with Gasteiger partial charge in [0.25, 0.3) is 0 Å². The van der Waals surface area contributed by atoms with E-state index < -0.39 is 6.09 Å². The number of benzene rings is 1. The summed E-state index contributed by atoms with van der Waals surface area (Å²) in [7, 11) is 0. The fourth-order valence-electron chi connectivity index (χ4n) is 3.68. The predicted molar refractivity (Wildman–Crippen MR) is 122 cm³/mol. The van der Waals surface area contributed by atoms with Gasteiger partial charge in [0.05, 0.1) is 5.69 Å². The van der Waals surface area contributed by atoms with Crippen molar-refractivity contribution in [3.8, 4) is 5.82 Å². The Labute approximate surface area is 192 Å². The normalized spacial score (nSPS) is 13.6. The molecule has 1 fully saturated rings. The zero-order valence-corrected chi connectivity index (χ0v) is 18.8. The minimum Gasteiger partial charge on any atom is -0.445 e. The van der Waals surface area contributed by atoms with Gasteiger partial charge >= 0.3 is 6.09 Å². The van der Waals surface area contributed by atoms with Crippen LogP contribution in [0.4, 0.5) is 10.6 Å². The van der Waals surface area contributed by atoms with E-state index in [2.05, 4.69) is 25.5 Å². The van der Waals surface area contributed by atoms with Gasteiger partial charge in [0.2, 0.25) is 5.91 Å². The van der Waals surface area contributed by atoms with Crippen molar-refractivity contribution in [1.29, 1.82) is 0 Å². The minimum atomic E-state index is -0.608. The summed E-state index contributed by atoms with van der Waals surface area (Å²) < 4.78 is 6.91. The van der Waals surface area contributed by atoms with E-state index in [0.29, 0.717) is 32.0 Å². The summed E-state index contributed by atoms with van der Waals surface area (Å²) in [6.45, 7) is 6.35. The molecule has 3 heterocycles. The Kier molecular flexibility index (Phi) is 6.82. The molecule has 1 N–H and O–H groups in total. The average Bonchev–Trinajstić information content (AvgIpc) is 3.19. The molecule has 0 bridgehead atoms. The van der Waals surface area contributed by atoms with E-state index in [4.69, 9.17) is 4.74 Å². The average molecular weight is 450 g/mol. The summed E-state index contributed by atoms with van der Waals surface area (Å²) in [4.78, 5) is 28.1. The Bertz CT molecular complexity index is 1090. The Morgan fingerprint density at radius 3 is 2.30 bits per heavy atom. The summed E-state index contributed by atoms with van der Waals surface area (Å²) in [6.07, 6.45) is -0.608. The van der Waals surface area contributed by atoms with Gasteiger partial charge in [0.15, 0.2) is 11.6 Å². The van der Waals surface area contributed by atoms with Gasteiger partial charge in [-0.25, -0.2) is 9.48 Å². The van der Waals surface area contributed by atoms with Crippen LogP contribution < -0.4 is 10.2 Å². The van der Waals surface area contributed by atoms with Gasteiger partial charge in [0.1, 0.15) is 13.2 Å². The molecule has 0 aliphatic carbocycles. The number of aryl methyl sites for hydroxylation is 2. The van der Waals surface area contributed by atoms with Gasteiger partial charge in [0, 0.05) is 31.9 Å². The highest BCUT2D eigenvalue weighted by molar-refractivity contribution is 5.82. The number of amides is 2. The number of piperazine rings is 1. The number of nitrogens with zero attached hydrogens (tertiary/aromatic N) is 6. The maximum absolute atomic E-state index is 12.5. The highest BCUT2D eigenvalue weighted by Crippen LogP contribution is 2.15. The Morgan fingerprint density at radius 1 is 0.970 bits per heavy atom. The van der Waals surface area contributed by atoms with Gasteiger partial charge in [-0.15, -0.1) is 10.2 Å². The predicted octanol–water partition coefficient (Wildman–Crippen LogP) is 1.85. The number of ether oxygens (including phenoxy) is 1. The van der Waals surface area contributed by atoms with Crippen LogP contribution in [0.3, 0.4) is 0 Å². The second-order valence-corrected chi connectivity index (χ2v) is 7.87. The zero-order valence-electron chi connectivity index (χ0n) is 18.8. The lowest BCUT2D eigenvalue weighted by atomic mass is 10.2. The lowest BCUT2D eigenvalue weighted by Crippen LogP contribution is -2.51. The molecule has 2 aromatic heterocycles. The van der Waals surface area contributed by atoms with Gasteiger partial charge in [-0.3, -0.25) is 4.79 Å². The molecule has 10 nitrogen and oxygen atoms in total. The van der Waals surface area contributed by atoms with Crippen LogP contribution in [0.1, 0.15) is 17.0 Å². The van der Waals surface area contributed by atoms with Crippen LogP contribution in [-0.2, 0) is 16.1 Å². The maximum atomic E-state index is 12.5. The molecule has 2 amide bonds. The van der Waals surface area contributed by atoms with E-state index in [0.717, 1.165) is 22.8 Å². The fourth-order valence-corrected chi connectivity index (χ4v) is 3.68. The second kappa shape index (κ2) is 10.1. The molecule has 1 aliphatic rings. The first-order chi connectivity index (χ1) is 16.0. The molecule has 33 heavy (non-hydrogen) atoms. The Balaban J connectivity index is 1.21. The molecular weight excluding hydrogens is 422 g/mol. The monoisotopic (exact) mass is 449 g/mol. The third-order valence-corrected chi connectivity index (χ3v) is 5.42. The van der Waals surface area contributed by atoms with Crippen molar-refractivity contribution in [2.24, 2.45) is 0 Å². The number of anilines is 1. The molecule has 1 aliphatic heterocycles. The summed E-state index contributed by atoms with van der Waals surface area (Å²) in [5, 5.41) is 15.6. The number of carbonyl (C=O) groups is 2. The number of aromatic nitrogens is 4. The van der Waals surface area contributed by atoms with Crippen LogP contribution >= 0.6 is 0 Å². The number of rotatable bonds is 6. The third kappa shape index (κ3) is 5.65. The highest BCUT2D eigenvalue weighted by Gasteiger charge is 2.22. The molecule has 4 rings (SSSR count). The van der Waals surface area contributed by atoms with Crippen molar-refractivity contribution in [3.05, 3.63) is 65.5 Å². The van der Waals surface area contributed by atoms with Crippen molar-refractivity contribution >= 4 is 17.8 Å². The largest absolute Gasteiger partial charge is 0.445 e. The number of hydrogen-bond donors (Lipinski definition) is 1. The SMILES string of the molecule is Cc1cc(C)n(-c2ccc(N3CCN(C(=O)CNC(=O)OCc4ccccc4)CC3)nn2)n1. The molecule has 1 aromatic carbocycles. The van der Waals surface area contributed by atoms with E-state index in [1.165, 1.54) is 0 Å². The van der Waals surface area contributed by atoms with E-state index in [9.17, 15) is 9.59 Å². The second-order valence-electron chi connectivity index (χ2n) is 7.87. The van der Waals surface area contributed by atoms with Gasteiger partial charge in [-0.1, -0.05) is 30.3 Å². The van der Waals surface area contributed by atoms with Crippen molar-refractivity contribution < 1.29 is 14.3 Å². The summed E-state index contributed by atoms with van der Waals surface area (Å²) in [5.74, 6) is 1.29. The topological polar surface area (TPSA) is 105 Å². The third-order valence-electron chi connectivity index (χ3n) is 5.42. The van der Waals surface area contributed by atoms with Crippen molar-refractivity contribution in [2.75, 3.05) is 37.6 Å². The van der Waals surface area contributed by atoms with Crippen molar-refractivity contribution in [1.82, 2.24) is 30.2 Å². The van der Waals surface area contributed by atoms with Gasteiger partial charge in [-0.05, 0) is 37.6 Å². The van der Waals surface area contributed by atoms with Gasteiger partial charge < -0.3 is 19.9 Å². The van der Waals surface area contributed by atoms with E-state index in [-0.39, 0.29) is 19.1 Å².